The average molecular weight is 205 g/mol. The summed E-state index contributed by atoms with van der Waals surface area (Å²) >= 11 is 0. The van der Waals surface area contributed by atoms with Crippen LogP contribution in [0.2, 0.25) is 0 Å². The molecular weight excluding hydrogens is 190 g/mol. The highest BCUT2D eigenvalue weighted by molar-refractivity contribution is 5.81. The molecule has 1 atom stereocenters. The first-order valence-corrected chi connectivity index (χ1v) is 5.08. The molecule has 3 heteroatoms. The van der Waals surface area contributed by atoms with Crippen LogP contribution in [0.1, 0.15) is 23.7 Å². The van der Waals surface area contributed by atoms with Gasteiger partial charge < -0.3 is 15.3 Å². The van der Waals surface area contributed by atoms with Gasteiger partial charge in [-0.1, -0.05) is 6.07 Å². The van der Waals surface area contributed by atoms with Gasteiger partial charge in [0, 0.05) is 5.39 Å². The van der Waals surface area contributed by atoms with Crippen LogP contribution in [0.15, 0.2) is 28.9 Å². The molecule has 1 unspecified atom stereocenters. The highest BCUT2D eigenvalue weighted by Gasteiger charge is 2.09. The number of hydrogen-bond donors (Lipinski definition) is 2. The molecular formula is C12H15NO2. The highest BCUT2D eigenvalue weighted by Crippen LogP contribution is 2.25. The van der Waals surface area contributed by atoms with Crippen LogP contribution >= 0.6 is 0 Å². The van der Waals surface area contributed by atoms with Gasteiger partial charge in [0.2, 0.25) is 0 Å². The fraction of sp³-hybridized carbons (Fsp3) is 0.333. The minimum absolute atomic E-state index is 0.478. The zero-order chi connectivity index (χ0) is 10.8. The first kappa shape index (κ1) is 10.2. The Morgan fingerprint density at radius 1 is 1.47 bits per heavy atom. The van der Waals surface area contributed by atoms with Crippen molar-refractivity contribution in [2.45, 2.75) is 19.4 Å². The van der Waals surface area contributed by atoms with E-state index >= 15 is 0 Å². The number of hydrogen-bond acceptors (Lipinski definition) is 3. The molecule has 0 amide bonds. The predicted molar refractivity (Wildman–Crippen MR) is 59.6 cm³/mol. The number of fused-ring (bicyclic) bond motifs is 1. The van der Waals surface area contributed by atoms with E-state index in [9.17, 15) is 5.11 Å². The molecule has 3 N–H and O–H groups in total. The Morgan fingerprint density at radius 2 is 2.27 bits per heavy atom. The maximum absolute atomic E-state index is 9.80. The maximum atomic E-state index is 9.80. The Hall–Kier alpha value is -1.32. The quantitative estimate of drug-likeness (QED) is 0.806. The summed E-state index contributed by atoms with van der Waals surface area (Å²) in [5.74, 6) is 0. The molecule has 1 aromatic carbocycles. The standard InChI is InChI=1S/C12H15NO2/c1-8-7-15-12-3-2-9(6-10(8)12)11(14)4-5-13/h2-3,6-7,11,14H,4-5,13H2,1H3. The van der Waals surface area contributed by atoms with E-state index in [0.717, 1.165) is 22.1 Å². The SMILES string of the molecule is Cc1coc2ccc(C(O)CCN)cc12. The molecule has 15 heavy (non-hydrogen) atoms. The smallest absolute Gasteiger partial charge is 0.134 e. The third-order valence-electron chi connectivity index (χ3n) is 2.62. The van der Waals surface area contributed by atoms with E-state index < -0.39 is 6.10 Å². The van der Waals surface area contributed by atoms with E-state index in [-0.39, 0.29) is 0 Å². The van der Waals surface area contributed by atoms with Gasteiger partial charge in [-0.15, -0.1) is 0 Å². The maximum Gasteiger partial charge on any atom is 0.134 e. The number of aryl methyl sites for hydroxylation is 1. The van der Waals surface area contributed by atoms with Crippen LogP contribution in [0.5, 0.6) is 0 Å². The van der Waals surface area contributed by atoms with Crippen molar-refractivity contribution in [2.75, 3.05) is 6.54 Å². The molecule has 0 aliphatic heterocycles. The van der Waals surface area contributed by atoms with Crippen molar-refractivity contribution in [3.05, 3.63) is 35.6 Å². The lowest BCUT2D eigenvalue weighted by Crippen LogP contribution is -2.06. The van der Waals surface area contributed by atoms with Gasteiger partial charge in [0.05, 0.1) is 12.4 Å². The highest BCUT2D eigenvalue weighted by atomic mass is 16.3. The molecule has 0 aliphatic rings. The van der Waals surface area contributed by atoms with E-state index in [4.69, 9.17) is 10.2 Å². The summed E-state index contributed by atoms with van der Waals surface area (Å²) in [5, 5.41) is 10.9. The topological polar surface area (TPSA) is 59.4 Å². The molecule has 0 bridgehead atoms. The second-order valence-electron chi connectivity index (χ2n) is 3.77. The van der Waals surface area contributed by atoms with Gasteiger partial charge in [0.25, 0.3) is 0 Å². The first-order valence-electron chi connectivity index (χ1n) is 5.08. The molecule has 3 nitrogen and oxygen atoms in total. The van der Waals surface area contributed by atoms with Crippen molar-refractivity contribution >= 4 is 11.0 Å². The summed E-state index contributed by atoms with van der Waals surface area (Å²) in [7, 11) is 0. The zero-order valence-corrected chi connectivity index (χ0v) is 8.73. The lowest BCUT2D eigenvalue weighted by Gasteiger charge is -2.09. The van der Waals surface area contributed by atoms with Gasteiger partial charge >= 0.3 is 0 Å². The Morgan fingerprint density at radius 3 is 3.00 bits per heavy atom. The van der Waals surface area contributed by atoms with Gasteiger partial charge in [-0.3, -0.25) is 0 Å². The van der Waals surface area contributed by atoms with Crippen LogP contribution in [0.25, 0.3) is 11.0 Å². The third kappa shape index (κ3) is 1.89. The average Bonchev–Trinajstić information content (AvgIpc) is 2.60. The van der Waals surface area contributed by atoms with Gasteiger partial charge in [-0.25, -0.2) is 0 Å². The molecule has 2 aromatic rings. The normalized spacial score (nSPS) is 13.3. The molecule has 0 aliphatic carbocycles. The van der Waals surface area contributed by atoms with Gasteiger partial charge in [0.1, 0.15) is 5.58 Å². The molecule has 80 valence electrons. The molecule has 0 saturated carbocycles. The Labute approximate surface area is 88.5 Å². The molecule has 1 aromatic heterocycles. The second-order valence-corrected chi connectivity index (χ2v) is 3.77. The molecule has 0 spiro atoms. The third-order valence-corrected chi connectivity index (χ3v) is 2.62. The van der Waals surface area contributed by atoms with Crippen molar-refractivity contribution < 1.29 is 9.52 Å². The molecule has 1 heterocycles. The summed E-state index contributed by atoms with van der Waals surface area (Å²) in [4.78, 5) is 0. The molecule has 2 rings (SSSR count). The molecule has 0 saturated heterocycles. The lowest BCUT2D eigenvalue weighted by atomic mass is 10.0. The van der Waals surface area contributed by atoms with Crippen LogP contribution < -0.4 is 5.73 Å². The van der Waals surface area contributed by atoms with Crippen molar-refractivity contribution in [3.63, 3.8) is 0 Å². The zero-order valence-electron chi connectivity index (χ0n) is 8.73. The lowest BCUT2D eigenvalue weighted by molar-refractivity contribution is 0.170. The summed E-state index contributed by atoms with van der Waals surface area (Å²) in [6, 6.07) is 5.73. The minimum atomic E-state index is -0.478. The fourth-order valence-corrected chi connectivity index (χ4v) is 1.71. The van der Waals surface area contributed by atoms with Crippen LogP contribution in [0.4, 0.5) is 0 Å². The summed E-state index contributed by atoms with van der Waals surface area (Å²) in [5.41, 5.74) is 8.26. The second kappa shape index (κ2) is 4.04. The van der Waals surface area contributed by atoms with Gasteiger partial charge in [-0.2, -0.15) is 0 Å². The largest absolute Gasteiger partial charge is 0.464 e. The molecule has 0 fully saturated rings. The first-order chi connectivity index (χ1) is 7.22. The number of nitrogens with two attached hydrogens (primary N) is 1. The van der Waals surface area contributed by atoms with Crippen LogP contribution in [0, 0.1) is 6.92 Å². The number of benzene rings is 1. The van der Waals surface area contributed by atoms with Crippen molar-refractivity contribution in [3.8, 4) is 0 Å². The van der Waals surface area contributed by atoms with Crippen molar-refractivity contribution in [2.24, 2.45) is 5.73 Å². The number of rotatable bonds is 3. The van der Waals surface area contributed by atoms with E-state index in [0.29, 0.717) is 13.0 Å². The number of furan rings is 1. The van der Waals surface area contributed by atoms with Crippen LogP contribution in [-0.2, 0) is 0 Å². The summed E-state index contributed by atoms with van der Waals surface area (Å²) < 4.78 is 5.34. The fourth-order valence-electron chi connectivity index (χ4n) is 1.71. The monoisotopic (exact) mass is 205 g/mol. The number of aliphatic hydroxyl groups is 1. The van der Waals surface area contributed by atoms with Crippen LogP contribution in [0.3, 0.4) is 0 Å². The van der Waals surface area contributed by atoms with E-state index in [1.54, 1.807) is 6.26 Å². The Kier molecular flexibility index (Phi) is 2.75. The summed E-state index contributed by atoms with van der Waals surface area (Å²) in [6.07, 6.45) is 1.83. The Bertz CT molecular complexity index is 462. The van der Waals surface area contributed by atoms with E-state index in [1.165, 1.54) is 0 Å². The van der Waals surface area contributed by atoms with E-state index in [2.05, 4.69) is 0 Å². The van der Waals surface area contributed by atoms with Crippen molar-refractivity contribution in [1.29, 1.82) is 0 Å². The van der Waals surface area contributed by atoms with Gasteiger partial charge in [-0.05, 0) is 43.1 Å². The van der Waals surface area contributed by atoms with Crippen LogP contribution in [-0.4, -0.2) is 11.7 Å². The van der Waals surface area contributed by atoms with E-state index in [1.807, 2.05) is 25.1 Å². The summed E-state index contributed by atoms with van der Waals surface area (Å²) in [6.45, 7) is 2.48. The predicted octanol–water partition coefficient (Wildman–Crippen LogP) is 2.12. The van der Waals surface area contributed by atoms with Gasteiger partial charge in [0.15, 0.2) is 0 Å². The van der Waals surface area contributed by atoms with Crippen molar-refractivity contribution in [1.82, 2.24) is 0 Å². The molecule has 0 radical (unpaired) electrons. The number of aliphatic hydroxyl groups excluding tert-OH is 1. The minimum Gasteiger partial charge on any atom is -0.464 e. The Balaban J connectivity index is 2.41.